The molecule has 0 unspecified atom stereocenters. The largest absolute Gasteiger partial charge is 0.483 e. The summed E-state index contributed by atoms with van der Waals surface area (Å²) in [6.45, 7) is 13.7. The lowest BCUT2D eigenvalue weighted by molar-refractivity contribution is -0.118. The Labute approximate surface area is 191 Å². The zero-order valence-corrected chi connectivity index (χ0v) is 20.3. The number of hydrogen-bond donors (Lipinski definition) is 2. The molecular weight excluding hydrogens is 404 g/mol. The van der Waals surface area contributed by atoms with Gasteiger partial charge in [-0.15, -0.1) is 0 Å². The van der Waals surface area contributed by atoms with Gasteiger partial charge in [-0.05, 0) is 46.2 Å². The number of anilines is 1. The molecular formula is C26H36N2O4. The van der Waals surface area contributed by atoms with Crippen LogP contribution in [0.2, 0.25) is 0 Å². The van der Waals surface area contributed by atoms with Crippen LogP contribution in [-0.4, -0.2) is 38.7 Å². The van der Waals surface area contributed by atoms with Gasteiger partial charge < -0.3 is 20.1 Å². The zero-order valence-electron chi connectivity index (χ0n) is 20.3. The minimum Gasteiger partial charge on any atom is -0.483 e. The average Bonchev–Trinajstić information content (AvgIpc) is 2.71. The molecule has 6 heteroatoms. The van der Waals surface area contributed by atoms with Gasteiger partial charge in [0.25, 0.3) is 11.8 Å². The van der Waals surface area contributed by atoms with E-state index in [1.54, 1.807) is 31.4 Å². The highest BCUT2D eigenvalue weighted by Crippen LogP contribution is 2.35. The first-order valence-corrected chi connectivity index (χ1v) is 10.9. The molecule has 0 radical (unpaired) electrons. The van der Waals surface area contributed by atoms with Crippen molar-refractivity contribution in [1.29, 1.82) is 0 Å². The molecule has 2 aromatic carbocycles. The fourth-order valence-corrected chi connectivity index (χ4v) is 3.16. The molecule has 0 spiro atoms. The summed E-state index contributed by atoms with van der Waals surface area (Å²) in [4.78, 5) is 24.7. The van der Waals surface area contributed by atoms with Crippen molar-refractivity contribution in [3.8, 4) is 5.75 Å². The number of ether oxygens (including phenoxy) is 2. The van der Waals surface area contributed by atoms with Crippen LogP contribution in [0.15, 0.2) is 42.5 Å². The molecule has 0 saturated heterocycles. The quantitative estimate of drug-likeness (QED) is 0.585. The zero-order chi connectivity index (χ0) is 23.9. The molecule has 2 N–H and O–H groups in total. The van der Waals surface area contributed by atoms with E-state index in [-0.39, 0.29) is 29.3 Å². The van der Waals surface area contributed by atoms with Gasteiger partial charge in [0.05, 0.1) is 6.61 Å². The van der Waals surface area contributed by atoms with Gasteiger partial charge >= 0.3 is 0 Å². The van der Waals surface area contributed by atoms with Crippen molar-refractivity contribution in [1.82, 2.24) is 5.32 Å². The van der Waals surface area contributed by atoms with Crippen LogP contribution in [-0.2, 0) is 20.4 Å². The first-order valence-electron chi connectivity index (χ1n) is 10.9. The van der Waals surface area contributed by atoms with Crippen LogP contribution in [0.25, 0.3) is 0 Å². The minimum absolute atomic E-state index is 0.0246. The van der Waals surface area contributed by atoms with Crippen molar-refractivity contribution in [2.45, 2.75) is 52.4 Å². The lowest BCUT2D eigenvalue weighted by Gasteiger charge is -2.27. The normalized spacial score (nSPS) is 11.7. The van der Waals surface area contributed by atoms with E-state index in [1.165, 1.54) is 5.56 Å². The molecule has 0 aliphatic rings. The molecule has 2 rings (SSSR count). The monoisotopic (exact) mass is 440 g/mol. The van der Waals surface area contributed by atoms with Gasteiger partial charge in [-0.1, -0.05) is 59.7 Å². The van der Waals surface area contributed by atoms with Gasteiger partial charge in [-0.2, -0.15) is 0 Å². The fourth-order valence-electron chi connectivity index (χ4n) is 3.16. The number of rotatable bonds is 8. The van der Waals surface area contributed by atoms with Crippen LogP contribution in [0.3, 0.4) is 0 Å². The molecule has 0 aromatic heterocycles. The van der Waals surface area contributed by atoms with Crippen molar-refractivity contribution in [2.75, 3.05) is 32.2 Å². The summed E-state index contributed by atoms with van der Waals surface area (Å²) in [6, 6.07) is 13.0. The van der Waals surface area contributed by atoms with E-state index in [2.05, 4.69) is 58.2 Å². The first kappa shape index (κ1) is 25.4. The Bertz CT molecular complexity index is 940. The Kier molecular flexibility index (Phi) is 8.44. The predicted molar refractivity (Wildman–Crippen MR) is 129 cm³/mol. The Balaban J connectivity index is 2.06. The molecule has 0 fully saturated rings. The van der Waals surface area contributed by atoms with Gasteiger partial charge in [0.15, 0.2) is 6.61 Å². The van der Waals surface area contributed by atoms with E-state index in [0.717, 1.165) is 5.56 Å². The minimum atomic E-state index is -0.290. The predicted octanol–water partition coefficient (Wildman–Crippen LogP) is 4.68. The van der Waals surface area contributed by atoms with Crippen LogP contribution in [0, 0.1) is 0 Å². The highest BCUT2D eigenvalue weighted by atomic mass is 16.5. The molecule has 0 saturated carbocycles. The Morgan fingerprint density at radius 1 is 0.938 bits per heavy atom. The topological polar surface area (TPSA) is 76.7 Å². The smallest absolute Gasteiger partial charge is 0.262 e. The van der Waals surface area contributed by atoms with Gasteiger partial charge in [0, 0.05) is 24.9 Å². The second kappa shape index (κ2) is 10.6. The van der Waals surface area contributed by atoms with Crippen molar-refractivity contribution in [3.63, 3.8) is 0 Å². The van der Waals surface area contributed by atoms with Gasteiger partial charge in [-0.3, -0.25) is 9.59 Å². The number of benzene rings is 2. The number of nitrogens with one attached hydrogen (secondary N) is 2. The van der Waals surface area contributed by atoms with Crippen molar-refractivity contribution < 1.29 is 19.1 Å². The summed E-state index contributed by atoms with van der Waals surface area (Å²) >= 11 is 0. The van der Waals surface area contributed by atoms with Crippen LogP contribution in [0.1, 0.15) is 63.0 Å². The standard InChI is InChI=1S/C26H36N2O4/c1-25(2,3)19-11-12-22(21(16-19)26(4,5)6)32-17-23(29)28-20-10-8-9-18(15-20)24(30)27-13-14-31-7/h8-12,15-16H,13-14,17H2,1-7H3,(H,27,30)(H,28,29). The first-order chi connectivity index (χ1) is 14.9. The number of methoxy groups -OCH3 is 1. The Morgan fingerprint density at radius 3 is 2.28 bits per heavy atom. The molecule has 6 nitrogen and oxygen atoms in total. The van der Waals surface area contributed by atoms with Crippen molar-refractivity contribution >= 4 is 17.5 Å². The van der Waals surface area contributed by atoms with Crippen LogP contribution < -0.4 is 15.4 Å². The maximum absolute atomic E-state index is 12.5. The Hall–Kier alpha value is -2.86. The average molecular weight is 441 g/mol. The molecule has 0 aliphatic heterocycles. The molecule has 174 valence electrons. The van der Waals surface area contributed by atoms with Crippen molar-refractivity contribution in [3.05, 3.63) is 59.2 Å². The van der Waals surface area contributed by atoms with E-state index >= 15 is 0 Å². The molecule has 32 heavy (non-hydrogen) atoms. The number of carbonyl (C=O) groups excluding carboxylic acids is 2. The van der Waals surface area contributed by atoms with Gasteiger partial charge in [0.2, 0.25) is 0 Å². The maximum Gasteiger partial charge on any atom is 0.262 e. The fraction of sp³-hybridized carbons (Fsp3) is 0.462. The van der Waals surface area contributed by atoms with E-state index < -0.39 is 0 Å². The van der Waals surface area contributed by atoms with E-state index in [1.807, 2.05) is 12.1 Å². The summed E-state index contributed by atoms with van der Waals surface area (Å²) in [5.41, 5.74) is 3.19. The SMILES string of the molecule is COCCNC(=O)c1cccc(NC(=O)COc2ccc(C(C)(C)C)cc2C(C)(C)C)c1. The molecule has 2 amide bonds. The third-order valence-corrected chi connectivity index (χ3v) is 5.01. The second-order valence-corrected chi connectivity index (χ2v) is 9.88. The number of carbonyl (C=O) groups is 2. The highest BCUT2D eigenvalue weighted by molar-refractivity contribution is 5.97. The third kappa shape index (κ3) is 7.38. The molecule has 0 heterocycles. The summed E-state index contributed by atoms with van der Waals surface area (Å²) in [6.07, 6.45) is 0. The van der Waals surface area contributed by atoms with Gasteiger partial charge in [-0.25, -0.2) is 0 Å². The summed E-state index contributed by atoms with van der Waals surface area (Å²) in [5, 5.41) is 5.56. The van der Waals surface area contributed by atoms with Crippen LogP contribution in [0.4, 0.5) is 5.69 Å². The number of amides is 2. The molecule has 2 aromatic rings. The van der Waals surface area contributed by atoms with Crippen LogP contribution in [0.5, 0.6) is 5.75 Å². The van der Waals surface area contributed by atoms with Crippen LogP contribution >= 0.6 is 0 Å². The highest BCUT2D eigenvalue weighted by Gasteiger charge is 2.23. The third-order valence-electron chi connectivity index (χ3n) is 5.01. The summed E-state index contributed by atoms with van der Waals surface area (Å²) in [5.74, 6) is 0.191. The lowest BCUT2D eigenvalue weighted by Crippen LogP contribution is -2.27. The maximum atomic E-state index is 12.5. The van der Waals surface area contributed by atoms with E-state index in [9.17, 15) is 9.59 Å². The van der Waals surface area contributed by atoms with Gasteiger partial charge in [0.1, 0.15) is 5.75 Å². The lowest BCUT2D eigenvalue weighted by atomic mass is 9.80. The van der Waals surface area contributed by atoms with Crippen molar-refractivity contribution in [2.24, 2.45) is 0 Å². The van der Waals surface area contributed by atoms with E-state index in [0.29, 0.717) is 30.2 Å². The molecule has 0 bridgehead atoms. The van der Waals surface area contributed by atoms with E-state index in [4.69, 9.17) is 9.47 Å². The summed E-state index contributed by atoms with van der Waals surface area (Å²) in [7, 11) is 1.58. The Morgan fingerprint density at radius 2 is 1.66 bits per heavy atom. The molecule has 0 atom stereocenters. The summed E-state index contributed by atoms with van der Waals surface area (Å²) < 4.78 is 10.8. The molecule has 0 aliphatic carbocycles. The number of hydrogen-bond acceptors (Lipinski definition) is 4. The second-order valence-electron chi connectivity index (χ2n) is 9.88.